The second kappa shape index (κ2) is 6.00. The van der Waals surface area contributed by atoms with Crippen molar-refractivity contribution in [2.24, 2.45) is 0 Å². The molecule has 1 aromatic heterocycles. The maximum atomic E-state index is 12.2. The Bertz CT molecular complexity index is 500. The Balaban J connectivity index is 1.91. The first-order valence-electron chi connectivity index (χ1n) is 6.45. The number of aromatic nitrogens is 2. The van der Waals surface area contributed by atoms with Gasteiger partial charge in [-0.15, -0.1) is 0 Å². The van der Waals surface area contributed by atoms with Gasteiger partial charge in [-0.2, -0.15) is 5.10 Å². The van der Waals surface area contributed by atoms with Crippen molar-refractivity contribution in [2.45, 2.75) is 18.7 Å². The third-order valence-electron chi connectivity index (χ3n) is 3.26. The van der Waals surface area contributed by atoms with E-state index in [1.54, 1.807) is 13.8 Å². The van der Waals surface area contributed by atoms with E-state index in [0.717, 1.165) is 32.7 Å². The molecule has 1 aromatic rings. The highest BCUT2D eigenvalue weighted by molar-refractivity contribution is 7.89. The number of aryl methyl sites for hydroxylation is 2. The van der Waals surface area contributed by atoms with Crippen molar-refractivity contribution in [3.63, 3.8) is 0 Å². The van der Waals surface area contributed by atoms with Crippen LogP contribution in [0.25, 0.3) is 0 Å². The maximum Gasteiger partial charge on any atom is 0.244 e. The van der Waals surface area contributed by atoms with Crippen LogP contribution >= 0.6 is 0 Å². The van der Waals surface area contributed by atoms with Gasteiger partial charge in [0.05, 0.1) is 11.4 Å². The molecular formula is C11H21N5O2S. The number of rotatable bonds is 5. The van der Waals surface area contributed by atoms with Gasteiger partial charge in [-0.05, 0) is 13.8 Å². The third-order valence-corrected chi connectivity index (χ3v) is 4.98. The van der Waals surface area contributed by atoms with Crippen LogP contribution in [0.1, 0.15) is 11.4 Å². The number of piperazine rings is 1. The van der Waals surface area contributed by atoms with Crippen LogP contribution < -0.4 is 10.0 Å². The Morgan fingerprint density at radius 2 is 2.00 bits per heavy atom. The Morgan fingerprint density at radius 3 is 2.58 bits per heavy atom. The third kappa shape index (κ3) is 3.53. The molecule has 0 amide bonds. The van der Waals surface area contributed by atoms with Crippen molar-refractivity contribution in [3.8, 4) is 0 Å². The Labute approximate surface area is 113 Å². The van der Waals surface area contributed by atoms with Crippen LogP contribution in [0.4, 0.5) is 0 Å². The quantitative estimate of drug-likeness (QED) is 0.660. The minimum Gasteiger partial charge on any atom is -0.314 e. The Morgan fingerprint density at radius 1 is 1.32 bits per heavy atom. The topological polar surface area (TPSA) is 90.1 Å². The van der Waals surface area contributed by atoms with Crippen LogP contribution in [-0.4, -0.2) is 62.8 Å². The largest absolute Gasteiger partial charge is 0.314 e. The monoisotopic (exact) mass is 287 g/mol. The molecule has 2 heterocycles. The van der Waals surface area contributed by atoms with Crippen LogP contribution in [0.5, 0.6) is 0 Å². The summed E-state index contributed by atoms with van der Waals surface area (Å²) in [6.07, 6.45) is 0. The molecule has 0 aliphatic carbocycles. The van der Waals surface area contributed by atoms with E-state index in [4.69, 9.17) is 0 Å². The fourth-order valence-corrected chi connectivity index (χ4v) is 3.67. The van der Waals surface area contributed by atoms with Crippen molar-refractivity contribution in [2.75, 3.05) is 39.3 Å². The molecule has 2 rings (SSSR count). The molecule has 0 atom stereocenters. The number of hydrogen-bond acceptors (Lipinski definition) is 5. The Hall–Kier alpha value is -0.960. The molecule has 0 unspecified atom stereocenters. The van der Waals surface area contributed by atoms with Gasteiger partial charge in [0.25, 0.3) is 0 Å². The minimum atomic E-state index is -3.47. The standard InChI is InChI=1S/C11H21N5O2S/c1-9-11(10(2)15-14-9)19(17,18)13-5-8-16-6-3-12-4-7-16/h12-13H,3-8H2,1-2H3,(H,14,15). The van der Waals surface area contributed by atoms with Gasteiger partial charge in [0, 0.05) is 39.3 Å². The van der Waals surface area contributed by atoms with Gasteiger partial charge in [0.2, 0.25) is 10.0 Å². The average Bonchev–Trinajstić information content (AvgIpc) is 2.70. The zero-order valence-corrected chi connectivity index (χ0v) is 12.2. The lowest BCUT2D eigenvalue weighted by Crippen LogP contribution is -2.46. The molecule has 3 N–H and O–H groups in total. The second-order valence-corrected chi connectivity index (χ2v) is 6.46. The molecular weight excluding hydrogens is 266 g/mol. The lowest BCUT2D eigenvalue weighted by molar-refractivity contribution is 0.245. The van der Waals surface area contributed by atoms with Crippen LogP contribution in [0.2, 0.25) is 0 Å². The van der Waals surface area contributed by atoms with Crippen LogP contribution in [0.3, 0.4) is 0 Å². The van der Waals surface area contributed by atoms with E-state index in [-0.39, 0.29) is 4.90 Å². The van der Waals surface area contributed by atoms with Gasteiger partial charge >= 0.3 is 0 Å². The Kier molecular flexibility index (Phi) is 4.56. The van der Waals surface area contributed by atoms with E-state index < -0.39 is 10.0 Å². The first kappa shape index (κ1) is 14.4. The smallest absolute Gasteiger partial charge is 0.244 e. The molecule has 8 heteroatoms. The lowest BCUT2D eigenvalue weighted by atomic mass is 10.3. The van der Waals surface area contributed by atoms with Crippen molar-refractivity contribution in [3.05, 3.63) is 11.4 Å². The SMILES string of the molecule is Cc1n[nH]c(C)c1S(=O)(=O)NCCN1CCNCC1. The normalized spacial score (nSPS) is 17.8. The van der Waals surface area contributed by atoms with Crippen LogP contribution in [0.15, 0.2) is 4.90 Å². The van der Waals surface area contributed by atoms with Crippen molar-refractivity contribution in [1.82, 2.24) is 25.1 Å². The van der Waals surface area contributed by atoms with Gasteiger partial charge in [-0.1, -0.05) is 0 Å². The number of H-pyrrole nitrogens is 1. The summed E-state index contributed by atoms with van der Waals surface area (Å²) in [6, 6.07) is 0. The summed E-state index contributed by atoms with van der Waals surface area (Å²) < 4.78 is 27.0. The van der Waals surface area contributed by atoms with E-state index in [9.17, 15) is 8.42 Å². The molecule has 0 radical (unpaired) electrons. The van der Waals surface area contributed by atoms with Gasteiger partial charge < -0.3 is 5.32 Å². The summed E-state index contributed by atoms with van der Waals surface area (Å²) in [6.45, 7) is 8.42. The molecule has 1 aliphatic rings. The number of nitrogens with one attached hydrogen (secondary N) is 3. The molecule has 19 heavy (non-hydrogen) atoms. The lowest BCUT2D eigenvalue weighted by Gasteiger charge is -2.27. The maximum absolute atomic E-state index is 12.2. The van der Waals surface area contributed by atoms with Gasteiger partial charge in [-0.25, -0.2) is 13.1 Å². The minimum absolute atomic E-state index is 0.271. The van der Waals surface area contributed by atoms with E-state index in [0.29, 0.717) is 17.9 Å². The molecule has 108 valence electrons. The molecule has 7 nitrogen and oxygen atoms in total. The number of hydrogen-bond donors (Lipinski definition) is 3. The molecule has 0 bridgehead atoms. The van der Waals surface area contributed by atoms with Crippen molar-refractivity contribution < 1.29 is 8.42 Å². The highest BCUT2D eigenvalue weighted by Gasteiger charge is 2.22. The summed E-state index contributed by atoms with van der Waals surface area (Å²) in [7, 11) is -3.47. The summed E-state index contributed by atoms with van der Waals surface area (Å²) in [5, 5.41) is 9.88. The highest BCUT2D eigenvalue weighted by atomic mass is 32.2. The number of sulfonamides is 1. The predicted molar refractivity (Wildman–Crippen MR) is 72.6 cm³/mol. The van der Waals surface area contributed by atoms with E-state index in [1.807, 2.05) is 0 Å². The van der Waals surface area contributed by atoms with E-state index >= 15 is 0 Å². The van der Waals surface area contributed by atoms with Crippen molar-refractivity contribution >= 4 is 10.0 Å². The predicted octanol–water partition coefficient (Wildman–Crippen LogP) is -0.790. The summed E-state index contributed by atoms with van der Waals surface area (Å²) in [5.41, 5.74) is 1.08. The van der Waals surface area contributed by atoms with Crippen LogP contribution in [-0.2, 0) is 10.0 Å². The molecule has 0 saturated carbocycles. The molecule has 0 spiro atoms. The second-order valence-electron chi connectivity index (χ2n) is 4.75. The van der Waals surface area contributed by atoms with Crippen molar-refractivity contribution in [1.29, 1.82) is 0 Å². The molecule has 1 aliphatic heterocycles. The van der Waals surface area contributed by atoms with Crippen LogP contribution in [0, 0.1) is 13.8 Å². The molecule has 0 aromatic carbocycles. The van der Waals surface area contributed by atoms with Gasteiger partial charge in [0.1, 0.15) is 4.90 Å². The fraction of sp³-hybridized carbons (Fsp3) is 0.727. The number of nitrogens with zero attached hydrogens (tertiary/aromatic N) is 2. The van der Waals surface area contributed by atoms with Gasteiger partial charge in [-0.3, -0.25) is 10.00 Å². The van der Waals surface area contributed by atoms with E-state index in [1.165, 1.54) is 0 Å². The first-order chi connectivity index (χ1) is 9.00. The average molecular weight is 287 g/mol. The summed E-state index contributed by atoms with van der Waals surface area (Å²) >= 11 is 0. The zero-order chi connectivity index (χ0) is 13.9. The molecule has 1 saturated heterocycles. The fourth-order valence-electron chi connectivity index (χ4n) is 2.28. The van der Waals surface area contributed by atoms with E-state index in [2.05, 4.69) is 25.1 Å². The van der Waals surface area contributed by atoms with Gasteiger partial charge in [0.15, 0.2) is 0 Å². The zero-order valence-electron chi connectivity index (χ0n) is 11.4. The summed E-state index contributed by atoms with van der Waals surface area (Å²) in [4.78, 5) is 2.52. The highest BCUT2D eigenvalue weighted by Crippen LogP contribution is 2.15. The summed E-state index contributed by atoms with van der Waals surface area (Å²) in [5.74, 6) is 0. The first-order valence-corrected chi connectivity index (χ1v) is 7.93. The molecule has 1 fully saturated rings. The number of aromatic amines is 1.